The van der Waals surface area contributed by atoms with Crippen LogP contribution in [0.3, 0.4) is 0 Å². The lowest BCUT2D eigenvalue weighted by Crippen LogP contribution is -2.40. The first-order valence-electron chi connectivity index (χ1n) is 10.6. The van der Waals surface area contributed by atoms with Crippen LogP contribution in [-0.4, -0.2) is 46.9 Å². The highest BCUT2D eigenvalue weighted by molar-refractivity contribution is 14.0. The van der Waals surface area contributed by atoms with Crippen LogP contribution in [0, 0.1) is 5.92 Å². The Morgan fingerprint density at radius 1 is 1.17 bits per heavy atom. The van der Waals surface area contributed by atoms with E-state index in [0.29, 0.717) is 5.92 Å². The summed E-state index contributed by atoms with van der Waals surface area (Å²) < 4.78 is 8.13. The van der Waals surface area contributed by atoms with E-state index in [-0.39, 0.29) is 30.1 Å². The fourth-order valence-electron chi connectivity index (χ4n) is 4.18. The van der Waals surface area contributed by atoms with E-state index in [1.807, 2.05) is 16.9 Å². The molecule has 0 radical (unpaired) electrons. The molecule has 1 aromatic heterocycles. The molecule has 7 heteroatoms. The first-order chi connectivity index (χ1) is 13.8. The van der Waals surface area contributed by atoms with Crippen molar-refractivity contribution in [3.05, 3.63) is 48.3 Å². The summed E-state index contributed by atoms with van der Waals surface area (Å²) in [6, 6.07) is 12.4. The average molecular weight is 509 g/mol. The van der Waals surface area contributed by atoms with Gasteiger partial charge in [0.25, 0.3) is 0 Å². The summed E-state index contributed by atoms with van der Waals surface area (Å²) in [7, 11) is 0. The monoisotopic (exact) mass is 509 g/mol. The molecule has 6 nitrogen and oxygen atoms in total. The van der Waals surface area contributed by atoms with Gasteiger partial charge in [-0.2, -0.15) is 5.10 Å². The highest BCUT2D eigenvalue weighted by Gasteiger charge is 2.32. The van der Waals surface area contributed by atoms with Gasteiger partial charge in [-0.05, 0) is 50.8 Å². The zero-order valence-electron chi connectivity index (χ0n) is 17.2. The second-order valence-electron chi connectivity index (χ2n) is 7.62. The van der Waals surface area contributed by atoms with Gasteiger partial charge in [-0.15, -0.1) is 24.0 Å². The molecule has 2 saturated heterocycles. The first-order valence-corrected chi connectivity index (χ1v) is 10.6. The Hall–Kier alpha value is -1.61. The lowest BCUT2D eigenvalue weighted by Gasteiger charge is -2.30. The highest BCUT2D eigenvalue weighted by atomic mass is 127. The lowest BCUT2D eigenvalue weighted by atomic mass is 9.99. The number of hydrogen-bond acceptors (Lipinski definition) is 3. The van der Waals surface area contributed by atoms with Crippen molar-refractivity contribution in [3.8, 4) is 0 Å². The van der Waals surface area contributed by atoms with Gasteiger partial charge in [0.15, 0.2) is 5.96 Å². The molecule has 0 saturated carbocycles. The number of ether oxygens (including phenoxy) is 1. The van der Waals surface area contributed by atoms with E-state index in [1.54, 1.807) is 0 Å². The van der Waals surface area contributed by atoms with Crippen molar-refractivity contribution in [1.29, 1.82) is 0 Å². The maximum Gasteiger partial charge on any atom is 0.198 e. The summed E-state index contributed by atoms with van der Waals surface area (Å²) >= 11 is 0. The third-order valence-corrected chi connectivity index (χ3v) is 5.72. The van der Waals surface area contributed by atoms with Gasteiger partial charge < -0.3 is 15.0 Å². The predicted molar refractivity (Wildman–Crippen MR) is 128 cm³/mol. The number of benzene rings is 1. The van der Waals surface area contributed by atoms with Gasteiger partial charge in [-0.1, -0.05) is 18.2 Å². The normalized spacial score (nSPS) is 22.4. The molecular formula is C22H32IN5O. The Bertz CT molecular complexity index is 773. The van der Waals surface area contributed by atoms with Crippen molar-refractivity contribution < 1.29 is 4.74 Å². The fraction of sp³-hybridized carbons (Fsp3) is 0.545. The van der Waals surface area contributed by atoms with Gasteiger partial charge in [0.1, 0.15) is 6.10 Å². The number of para-hydroxylation sites is 1. The Labute approximate surface area is 190 Å². The van der Waals surface area contributed by atoms with Gasteiger partial charge in [-0.3, -0.25) is 9.67 Å². The first kappa shape index (κ1) is 22.1. The number of rotatable bonds is 5. The van der Waals surface area contributed by atoms with Crippen LogP contribution >= 0.6 is 24.0 Å². The molecule has 0 spiro atoms. The third kappa shape index (κ3) is 5.51. The van der Waals surface area contributed by atoms with Crippen LogP contribution in [-0.2, 0) is 11.3 Å². The second kappa shape index (κ2) is 11.0. The summed E-state index contributed by atoms with van der Waals surface area (Å²) in [5.41, 5.74) is 2.27. The van der Waals surface area contributed by atoms with E-state index in [9.17, 15) is 0 Å². The van der Waals surface area contributed by atoms with Crippen LogP contribution in [0.5, 0.6) is 0 Å². The molecule has 2 fully saturated rings. The molecule has 0 amide bonds. The summed E-state index contributed by atoms with van der Waals surface area (Å²) in [5.74, 6) is 1.39. The molecule has 1 N–H and O–H groups in total. The summed E-state index contributed by atoms with van der Waals surface area (Å²) in [6.45, 7) is 6.71. The molecule has 3 heterocycles. The van der Waals surface area contributed by atoms with Gasteiger partial charge in [0.05, 0.1) is 5.69 Å². The molecule has 0 bridgehead atoms. The van der Waals surface area contributed by atoms with E-state index in [4.69, 9.17) is 9.73 Å². The molecule has 1 aromatic carbocycles. The maximum atomic E-state index is 6.08. The number of halogens is 1. The van der Waals surface area contributed by atoms with Crippen LogP contribution in [0.2, 0.25) is 0 Å². The molecule has 158 valence electrons. The smallest absolute Gasteiger partial charge is 0.198 e. The van der Waals surface area contributed by atoms with E-state index in [0.717, 1.165) is 50.9 Å². The lowest BCUT2D eigenvalue weighted by molar-refractivity contribution is 0.0850. The van der Waals surface area contributed by atoms with Crippen LogP contribution in [0.15, 0.2) is 47.6 Å². The SMILES string of the molecule is CCn1nccc1[C@@H]1OCC[C@H]1CN=C(Nc1ccccc1)N1CCCCC1.I. The van der Waals surface area contributed by atoms with E-state index in [2.05, 4.69) is 52.6 Å². The second-order valence-corrected chi connectivity index (χ2v) is 7.62. The zero-order valence-corrected chi connectivity index (χ0v) is 19.5. The number of guanidine groups is 1. The quantitative estimate of drug-likeness (QED) is 0.365. The molecular weight excluding hydrogens is 477 g/mol. The summed E-state index contributed by atoms with van der Waals surface area (Å²) in [6.07, 6.45) is 6.79. The Morgan fingerprint density at radius 3 is 2.72 bits per heavy atom. The number of likely N-dealkylation sites (tertiary alicyclic amines) is 1. The number of aryl methyl sites for hydroxylation is 1. The third-order valence-electron chi connectivity index (χ3n) is 5.72. The molecule has 2 atom stereocenters. The van der Waals surface area contributed by atoms with Gasteiger partial charge in [0, 0.05) is 50.6 Å². The molecule has 29 heavy (non-hydrogen) atoms. The number of anilines is 1. The number of aromatic nitrogens is 2. The minimum atomic E-state index is 0. The number of nitrogens with one attached hydrogen (secondary N) is 1. The van der Waals surface area contributed by atoms with Crippen molar-refractivity contribution in [2.45, 2.75) is 45.3 Å². The van der Waals surface area contributed by atoms with Crippen molar-refractivity contribution in [2.75, 3.05) is 31.6 Å². The van der Waals surface area contributed by atoms with E-state index >= 15 is 0 Å². The van der Waals surface area contributed by atoms with Crippen molar-refractivity contribution in [3.63, 3.8) is 0 Å². The van der Waals surface area contributed by atoms with E-state index < -0.39 is 0 Å². The van der Waals surface area contributed by atoms with Gasteiger partial charge >= 0.3 is 0 Å². The molecule has 2 aliphatic heterocycles. The fourth-order valence-corrected chi connectivity index (χ4v) is 4.18. The van der Waals surface area contributed by atoms with Crippen LogP contribution in [0.1, 0.15) is 44.4 Å². The van der Waals surface area contributed by atoms with Gasteiger partial charge in [-0.25, -0.2) is 0 Å². The highest BCUT2D eigenvalue weighted by Crippen LogP contribution is 2.34. The van der Waals surface area contributed by atoms with Gasteiger partial charge in [0.2, 0.25) is 0 Å². The molecule has 0 unspecified atom stereocenters. The Balaban J connectivity index is 0.00000240. The number of aliphatic imine (C=N–C) groups is 1. The summed E-state index contributed by atoms with van der Waals surface area (Å²) in [4.78, 5) is 7.46. The zero-order chi connectivity index (χ0) is 19.2. The Morgan fingerprint density at radius 2 is 1.97 bits per heavy atom. The standard InChI is InChI=1S/C22H31N5O.HI/c1-2-27-20(11-13-24-27)21-18(12-16-28-21)17-23-22(26-14-7-4-8-15-26)25-19-9-5-3-6-10-19;/h3,5-6,9-11,13,18,21H,2,4,7-8,12,14-17H2,1H3,(H,23,25);1H/t18-,21+;/m0./s1. The van der Waals surface area contributed by atoms with Crippen molar-refractivity contribution in [1.82, 2.24) is 14.7 Å². The molecule has 2 aliphatic rings. The van der Waals surface area contributed by atoms with Crippen LogP contribution in [0.4, 0.5) is 5.69 Å². The average Bonchev–Trinajstić information content (AvgIpc) is 3.41. The van der Waals surface area contributed by atoms with Crippen LogP contribution < -0.4 is 5.32 Å². The number of hydrogen-bond donors (Lipinski definition) is 1. The van der Waals surface area contributed by atoms with Crippen LogP contribution in [0.25, 0.3) is 0 Å². The minimum absolute atomic E-state index is 0. The molecule has 0 aliphatic carbocycles. The largest absolute Gasteiger partial charge is 0.372 e. The maximum absolute atomic E-state index is 6.08. The van der Waals surface area contributed by atoms with Crippen molar-refractivity contribution >= 4 is 35.6 Å². The van der Waals surface area contributed by atoms with E-state index in [1.165, 1.54) is 25.0 Å². The topological polar surface area (TPSA) is 54.7 Å². The molecule has 2 aromatic rings. The predicted octanol–water partition coefficient (Wildman–Crippen LogP) is 4.55. The number of piperidine rings is 1. The summed E-state index contributed by atoms with van der Waals surface area (Å²) in [5, 5.41) is 7.98. The Kier molecular flexibility index (Phi) is 8.35. The minimum Gasteiger partial charge on any atom is -0.372 e. The molecule has 4 rings (SSSR count). The van der Waals surface area contributed by atoms with Crippen molar-refractivity contribution in [2.24, 2.45) is 10.9 Å². The number of nitrogens with zero attached hydrogens (tertiary/aromatic N) is 4.